The van der Waals surface area contributed by atoms with E-state index in [4.69, 9.17) is 9.47 Å². The highest BCUT2D eigenvalue weighted by molar-refractivity contribution is 5.67. The summed E-state index contributed by atoms with van der Waals surface area (Å²) in [6.07, 6.45) is 1.43. The molecule has 150 valence electrons. The van der Waals surface area contributed by atoms with Crippen LogP contribution >= 0.6 is 0 Å². The van der Waals surface area contributed by atoms with Gasteiger partial charge < -0.3 is 20.1 Å². The van der Waals surface area contributed by atoms with Crippen LogP contribution in [-0.4, -0.2) is 25.3 Å². The molecule has 1 heterocycles. The van der Waals surface area contributed by atoms with E-state index in [2.05, 4.69) is 47.0 Å². The number of amides is 1. The quantitative estimate of drug-likeness (QED) is 0.741. The van der Waals surface area contributed by atoms with E-state index in [9.17, 15) is 4.79 Å². The molecule has 3 rings (SSSR count). The zero-order chi connectivity index (χ0) is 20.1. The molecule has 0 spiro atoms. The summed E-state index contributed by atoms with van der Waals surface area (Å²) in [5, 5.41) is 6.54. The minimum absolute atomic E-state index is 0.244. The second kappa shape index (κ2) is 8.55. The molecule has 2 aromatic carbocycles. The van der Waals surface area contributed by atoms with E-state index in [1.54, 1.807) is 7.11 Å². The van der Waals surface area contributed by atoms with E-state index in [1.165, 1.54) is 11.1 Å². The van der Waals surface area contributed by atoms with E-state index in [0.717, 1.165) is 24.3 Å². The third kappa shape index (κ3) is 5.18. The number of benzene rings is 2. The molecular weight excluding hydrogens is 352 g/mol. The highest BCUT2D eigenvalue weighted by Crippen LogP contribution is 2.43. The Bertz CT molecular complexity index is 799. The van der Waals surface area contributed by atoms with Crippen LogP contribution < -0.4 is 15.4 Å². The van der Waals surface area contributed by atoms with Crippen molar-refractivity contribution in [2.24, 2.45) is 0 Å². The van der Waals surface area contributed by atoms with Gasteiger partial charge in [-0.3, -0.25) is 0 Å². The number of hydrogen-bond donors (Lipinski definition) is 2. The molecule has 0 saturated heterocycles. The molecule has 2 N–H and O–H groups in total. The maximum absolute atomic E-state index is 12.0. The van der Waals surface area contributed by atoms with Gasteiger partial charge in [0.2, 0.25) is 0 Å². The molecule has 0 aromatic heterocycles. The molecule has 5 heteroatoms. The number of methoxy groups -OCH3 is 1. The fourth-order valence-corrected chi connectivity index (χ4v) is 3.64. The SMILES string of the molecule is COc1ccc2c(c1)[C@@H](CCNC(=O)OC(C)(C)C)C[C@@H](c1ccccc1)N2. The van der Waals surface area contributed by atoms with Gasteiger partial charge in [0, 0.05) is 12.2 Å². The van der Waals surface area contributed by atoms with Crippen molar-refractivity contribution in [3.8, 4) is 5.75 Å². The third-order valence-corrected chi connectivity index (χ3v) is 4.91. The van der Waals surface area contributed by atoms with Crippen LogP contribution in [0, 0.1) is 0 Å². The fourth-order valence-electron chi connectivity index (χ4n) is 3.64. The van der Waals surface area contributed by atoms with Crippen molar-refractivity contribution in [3.05, 3.63) is 59.7 Å². The van der Waals surface area contributed by atoms with Gasteiger partial charge in [-0.05, 0) is 68.9 Å². The zero-order valence-electron chi connectivity index (χ0n) is 17.1. The molecular formula is C23H30N2O3. The Balaban J connectivity index is 1.73. The third-order valence-electron chi connectivity index (χ3n) is 4.91. The van der Waals surface area contributed by atoms with Crippen molar-refractivity contribution in [1.29, 1.82) is 0 Å². The van der Waals surface area contributed by atoms with Gasteiger partial charge in [0.1, 0.15) is 11.4 Å². The van der Waals surface area contributed by atoms with E-state index in [1.807, 2.05) is 32.9 Å². The molecule has 2 atom stereocenters. The molecule has 1 aliphatic heterocycles. The molecule has 28 heavy (non-hydrogen) atoms. The van der Waals surface area contributed by atoms with Crippen LogP contribution in [0.15, 0.2) is 48.5 Å². The molecule has 1 aliphatic rings. The number of fused-ring (bicyclic) bond motifs is 1. The molecule has 2 aromatic rings. The van der Waals surface area contributed by atoms with Gasteiger partial charge in [0.15, 0.2) is 0 Å². The lowest BCUT2D eigenvalue weighted by Crippen LogP contribution is -2.34. The Hall–Kier alpha value is -2.69. The number of hydrogen-bond acceptors (Lipinski definition) is 4. The van der Waals surface area contributed by atoms with E-state index < -0.39 is 5.60 Å². The number of carbonyl (C=O) groups is 1. The first-order chi connectivity index (χ1) is 13.4. The molecule has 0 saturated carbocycles. The summed E-state index contributed by atoms with van der Waals surface area (Å²) in [7, 11) is 1.68. The molecule has 0 radical (unpaired) electrons. The number of carbonyl (C=O) groups excluding carboxylic acids is 1. The first kappa shape index (κ1) is 20.1. The predicted molar refractivity (Wildman–Crippen MR) is 112 cm³/mol. The first-order valence-electron chi connectivity index (χ1n) is 9.82. The van der Waals surface area contributed by atoms with Crippen LogP contribution in [0.4, 0.5) is 10.5 Å². The lowest BCUT2D eigenvalue weighted by Gasteiger charge is -2.34. The highest BCUT2D eigenvalue weighted by atomic mass is 16.6. The Morgan fingerprint density at radius 1 is 1.18 bits per heavy atom. The fraction of sp³-hybridized carbons (Fsp3) is 0.435. The van der Waals surface area contributed by atoms with Crippen LogP contribution in [0.1, 0.15) is 56.7 Å². The summed E-state index contributed by atoms with van der Waals surface area (Å²) in [6, 6.07) is 16.9. The van der Waals surface area contributed by atoms with Gasteiger partial charge in [-0.25, -0.2) is 4.79 Å². The van der Waals surface area contributed by atoms with Crippen molar-refractivity contribution in [3.63, 3.8) is 0 Å². The Morgan fingerprint density at radius 2 is 1.93 bits per heavy atom. The van der Waals surface area contributed by atoms with Gasteiger partial charge in [0.25, 0.3) is 0 Å². The van der Waals surface area contributed by atoms with Crippen LogP contribution in [0.3, 0.4) is 0 Å². The number of nitrogens with one attached hydrogen (secondary N) is 2. The smallest absolute Gasteiger partial charge is 0.407 e. The van der Waals surface area contributed by atoms with Crippen molar-refractivity contribution in [2.45, 2.75) is 51.2 Å². The zero-order valence-corrected chi connectivity index (χ0v) is 17.1. The van der Waals surface area contributed by atoms with E-state index >= 15 is 0 Å². The average molecular weight is 383 g/mol. The summed E-state index contributed by atoms with van der Waals surface area (Å²) >= 11 is 0. The minimum atomic E-state index is -0.489. The lowest BCUT2D eigenvalue weighted by atomic mass is 9.82. The van der Waals surface area contributed by atoms with E-state index in [-0.39, 0.29) is 12.1 Å². The molecule has 1 amide bonds. The summed E-state index contributed by atoms with van der Waals surface area (Å²) in [5.41, 5.74) is 3.15. The standard InChI is InChI=1S/C23H30N2O3/c1-23(2,3)28-22(26)24-13-12-17-14-21(16-8-6-5-7-9-16)25-20-11-10-18(27-4)15-19(17)20/h5-11,15,17,21,25H,12-14H2,1-4H3,(H,24,26)/t17-,21-/m0/s1. The molecule has 5 nitrogen and oxygen atoms in total. The number of ether oxygens (including phenoxy) is 2. The normalized spacial score (nSPS) is 18.6. The maximum atomic E-state index is 12.0. The van der Waals surface area contributed by atoms with Crippen LogP contribution in [0.5, 0.6) is 5.75 Å². The second-order valence-electron chi connectivity index (χ2n) is 8.21. The predicted octanol–water partition coefficient (Wildman–Crippen LogP) is 5.25. The monoisotopic (exact) mass is 382 g/mol. The number of alkyl carbamates (subject to hydrolysis) is 1. The molecule has 0 aliphatic carbocycles. The Labute approximate surface area is 167 Å². The van der Waals surface area contributed by atoms with E-state index in [0.29, 0.717) is 12.5 Å². The molecule has 0 unspecified atom stereocenters. The Morgan fingerprint density at radius 3 is 2.61 bits per heavy atom. The number of anilines is 1. The number of rotatable bonds is 5. The first-order valence-corrected chi connectivity index (χ1v) is 9.82. The summed E-state index contributed by atoms with van der Waals surface area (Å²) in [4.78, 5) is 12.0. The Kier molecular flexibility index (Phi) is 6.12. The average Bonchev–Trinajstić information content (AvgIpc) is 2.66. The van der Waals surface area contributed by atoms with Crippen molar-refractivity contribution in [2.75, 3.05) is 19.0 Å². The van der Waals surface area contributed by atoms with Crippen LogP contribution in [-0.2, 0) is 4.74 Å². The van der Waals surface area contributed by atoms with Crippen molar-refractivity contribution in [1.82, 2.24) is 5.32 Å². The van der Waals surface area contributed by atoms with Gasteiger partial charge >= 0.3 is 6.09 Å². The minimum Gasteiger partial charge on any atom is -0.497 e. The van der Waals surface area contributed by atoms with Gasteiger partial charge in [-0.2, -0.15) is 0 Å². The lowest BCUT2D eigenvalue weighted by molar-refractivity contribution is 0.0526. The summed E-state index contributed by atoms with van der Waals surface area (Å²) in [5.74, 6) is 1.16. The van der Waals surface area contributed by atoms with Gasteiger partial charge in [-0.15, -0.1) is 0 Å². The van der Waals surface area contributed by atoms with Crippen LogP contribution in [0.25, 0.3) is 0 Å². The van der Waals surface area contributed by atoms with Gasteiger partial charge in [0.05, 0.1) is 13.2 Å². The topological polar surface area (TPSA) is 59.6 Å². The van der Waals surface area contributed by atoms with Crippen molar-refractivity contribution < 1.29 is 14.3 Å². The highest BCUT2D eigenvalue weighted by Gasteiger charge is 2.28. The molecule has 0 fully saturated rings. The summed E-state index contributed by atoms with van der Waals surface area (Å²) in [6.45, 7) is 6.17. The summed E-state index contributed by atoms with van der Waals surface area (Å²) < 4.78 is 10.8. The second-order valence-corrected chi connectivity index (χ2v) is 8.21. The van der Waals surface area contributed by atoms with Crippen molar-refractivity contribution >= 4 is 11.8 Å². The maximum Gasteiger partial charge on any atom is 0.407 e. The molecule has 0 bridgehead atoms. The van der Waals surface area contributed by atoms with Crippen LogP contribution in [0.2, 0.25) is 0 Å². The van der Waals surface area contributed by atoms with Gasteiger partial charge in [-0.1, -0.05) is 30.3 Å². The largest absolute Gasteiger partial charge is 0.497 e.